The van der Waals surface area contributed by atoms with Crippen molar-refractivity contribution in [3.63, 3.8) is 0 Å². The summed E-state index contributed by atoms with van der Waals surface area (Å²) in [7, 11) is 0. The minimum Gasteiger partial charge on any atom is -0.313 e. The van der Waals surface area contributed by atoms with Gasteiger partial charge in [-0.2, -0.15) is 0 Å². The number of benzene rings is 1. The van der Waals surface area contributed by atoms with Gasteiger partial charge in [-0.1, -0.05) is 51.0 Å². The van der Waals surface area contributed by atoms with Crippen LogP contribution in [0.25, 0.3) is 0 Å². The van der Waals surface area contributed by atoms with Crippen LogP contribution in [0.3, 0.4) is 0 Å². The number of nitrogens with one attached hydrogen (secondary N) is 1. The second-order valence-electron chi connectivity index (χ2n) is 6.41. The molecule has 0 amide bonds. The van der Waals surface area contributed by atoms with Gasteiger partial charge in [0.15, 0.2) is 0 Å². The average Bonchev–Trinajstić information content (AvgIpc) is 2.57. The van der Waals surface area contributed by atoms with E-state index >= 15 is 0 Å². The Hall–Kier alpha value is -0.900. The normalized spacial score (nSPS) is 17.0. The zero-order valence-corrected chi connectivity index (χ0v) is 14.5. The molecule has 1 heterocycles. The number of rotatable bonds is 9. The maximum atomic E-state index is 3.53. The smallest absolute Gasteiger partial charge is 0.0234 e. The van der Waals surface area contributed by atoms with E-state index < -0.39 is 0 Å². The molecule has 1 aromatic rings. The number of likely N-dealkylation sites (N-methyl/N-ethyl adjacent to an activating group) is 1. The number of unbranched alkanes of at least 4 members (excludes halogenated alkanes) is 2. The predicted molar refractivity (Wildman–Crippen MR) is 95.1 cm³/mol. The molecule has 1 N–H and O–H groups in total. The molecule has 3 heteroatoms. The lowest BCUT2D eigenvalue weighted by Crippen LogP contribution is -2.45. The Morgan fingerprint density at radius 3 is 2.14 bits per heavy atom. The molecular formula is C19H33N3. The molecule has 1 fully saturated rings. The average molecular weight is 303 g/mol. The van der Waals surface area contributed by atoms with E-state index in [-0.39, 0.29) is 0 Å². The second-order valence-corrected chi connectivity index (χ2v) is 6.41. The Morgan fingerprint density at radius 2 is 1.50 bits per heavy atom. The molecule has 2 rings (SSSR count). The Bertz CT molecular complexity index is 394. The summed E-state index contributed by atoms with van der Waals surface area (Å²) in [4.78, 5) is 5.11. The highest BCUT2D eigenvalue weighted by Gasteiger charge is 2.15. The first kappa shape index (κ1) is 17.5. The lowest BCUT2D eigenvalue weighted by Gasteiger charge is -2.34. The SMILES string of the molecule is CCCCCNCc1ccc(CN2CCN(CC)CC2)cc1. The van der Waals surface area contributed by atoms with Crippen LogP contribution in [0.4, 0.5) is 0 Å². The molecule has 0 aromatic heterocycles. The molecule has 0 spiro atoms. The van der Waals surface area contributed by atoms with Gasteiger partial charge < -0.3 is 10.2 Å². The number of hydrogen-bond acceptors (Lipinski definition) is 3. The van der Waals surface area contributed by atoms with E-state index in [0.29, 0.717) is 0 Å². The molecular weight excluding hydrogens is 270 g/mol. The number of piperazine rings is 1. The van der Waals surface area contributed by atoms with Gasteiger partial charge in [0, 0.05) is 39.3 Å². The quantitative estimate of drug-likeness (QED) is 0.707. The van der Waals surface area contributed by atoms with Crippen LogP contribution in [-0.4, -0.2) is 49.1 Å². The second kappa shape index (κ2) is 9.98. The van der Waals surface area contributed by atoms with Crippen molar-refractivity contribution >= 4 is 0 Å². The van der Waals surface area contributed by atoms with Crippen molar-refractivity contribution in [2.75, 3.05) is 39.3 Å². The monoisotopic (exact) mass is 303 g/mol. The van der Waals surface area contributed by atoms with Crippen LogP contribution in [0.2, 0.25) is 0 Å². The summed E-state index contributed by atoms with van der Waals surface area (Å²) in [6, 6.07) is 9.17. The molecule has 0 atom stereocenters. The summed E-state index contributed by atoms with van der Waals surface area (Å²) < 4.78 is 0. The van der Waals surface area contributed by atoms with E-state index in [0.717, 1.165) is 19.6 Å². The minimum atomic E-state index is 0.999. The lowest BCUT2D eigenvalue weighted by molar-refractivity contribution is 0.132. The molecule has 124 valence electrons. The van der Waals surface area contributed by atoms with E-state index in [9.17, 15) is 0 Å². The summed E-state index contributed by atoms with van der Waals surface area (Å²) in [5, 5.41) is 3.53. The third-order valence-electron chi connectivity index (χ3n) is 4.63. The van der Waals surface area contributed by atoms with Crippen molar-refractivity contribution in [2.45, 2.75) is 46.2 Å². The molecule has 0 unspecified atom stereocenters. The van der Waals surface area contributed by atoms with Crippen LogP contribution in [-0.2, 0) is 13.1 Å². The maximum absolute atomic E-state index is 3.53. The van der Waals surface area contributed by atoms with Crippen LogP contribution in [0.5, 0.6) is 0 Å². The first-order valence-corrected chi connectivity index (χ1v) is 9.05. The van der Waals surface area contributed by atoms with Gasteiger partial charge in [0.1, 0.15) is 0 Å². The van der Waals surface area contributed by atoms with Gasteiger partial charge in [-0.25, -0.2) is 0 Å². The Kier molecular flexibility index (Phi) is 7.92. The molecule has 1 aliphatic rings. The Labute approximate surface area is 136 Å². The topological polar surface area (TPSA) is 18.5 Å². The van der Waals surface area contributed by atoms with Crippen molar-refractivity contribution in [3.8, 4) is 0 Å². The van der Waals surface area contributed by atoms with Crippen molar-refractivity contribution in [1.82, 2.24) is 15.1 Å². The van der Waals surface area contributed by atoms with Gasteiger partial charge in [0.05, 0.1) is 0 Å². The van der Waals surface area contributed by atoms with Crippen molar-refractivity contribution in [3.05, 3.63) is 35.4 Å². The fourth-order valence-corrected chi connectivity index (χ4v) is 3.02. The lowest BCUT2D eigenvalue weighted by atomic mass is 10.1. The standard InChI is InChI=1S/C19H33N3/c1-3-5-6-11-20-16-18-7-9-19(10-8-18)17-22-14-12-21(4-2)13-15-22/h7-10,20H,3-6,11-17H2,1-2H3. The first-order valence-electron chi connectivity index (χ1n) is 9.05. The third kappa shape index (κ3) is 6.07. The molecule has 0 saturated carbocycles. The van der Waals surface area contributed by atoms with E-state index in [1.165, 1.54) is 63.1 Å². The maximum Gasteiger partial charge on any atom is 0.0234 e. The molecule has 3 nitrogen and oxygen atoms in total. The summed E-state index contributed by atoms with van der Waals surface area (Å²) in [6.45, 7) is 13.8. The minimum absolute atomic E-state index is 0.999. The first-order chi connectivity index (χ1) is 10.8. The molecule has 0 radical (unpaired) electrons. The van der Waals surface area contributed by atoms with E-state index in [2.05, 4.69) is 53.2 Å². The Morgan fingerprint density at radius 1 is 0.864 bits per heavy atom. The van der Waals surface area contributed by atoms with Gasteiger partial charge in [0.2, 0.25) is 0 Å². The van der Waals surface area contributed by atoms with E-state index in [1.54, 1.807) is 0 Å². The fourth-order valence-electron chi connectivity index (χ4n) is 3.02. The van der Waals surface area contributed by atoms with Crippen molar-refractivity contribution < 1.29 is 0 Å². The van der Waals surface area contributed by atoms with Crippen LogP contribution in [0.1, 0.15) is 44.2 Å². The third-order valence-corrected chi connectivity index (χ3v) is 4.63. The molecule has 1 saturated heterocycles. The molecule has 0 aliphatic carbocycles. The molecule has 1 aliphatic heterocycles. The fraction of sp³-hybridized carbons (Fsp3) is 0.684. The van der Waals surface area contributed by atoms with Crippen LogP contribution < -0.4 is 5.32 Å². The molecule has 22 heavy (non-hydrogen) atoms. The van der Waals surface area contributed by atoms with Gasteiger partial charge in [-0.05, 0) is 30.6 Å². The Balaban J connectivity index is 1.68. The van der Waals surface area contributed by atoms with Gasteiger partial charge in [-0.3, -0.25) is 4.90 Å². The summed E-state index contributed by atoms with van der Waals surface area (Å²) in [6.07, 6.45) is 3.92. The largest absolute Gasteiger partial charge is 0.313 e. The predicted octanol–water partition coefficient (Wildman–Crippen LogP) is 3.10. The molecule has 0 bridgehead atoms. The number of hydrogen-bond donors (Lipinski definition) is 1. The van der Waals surface area contributed by atoms with Crippen LogP contribution >= 0.6 is 0 Å². The summed E-state index contributed by atoms with van der Waals surface area (Å²) in [5.74, 6) is 0. The van der Waals surface area contributed by atoms with Gasteiger partial charge in [-0.15, -0.1) is 0 Å². The zero-order chi connectivity index (χ0) is 15.6. The highest BCUT2D eigenvalue weighted by atomic mass is 15.3. The van der Waals surface area contributed by atoms with E-state index in [4.69, 9.17) is 0 Å². The van der Waals surface area contributed by atoms with Gasteiger partial charge >= 0.3 is 0 Å². The summed E-state index contributed by atoms with van der Waals surface area (Å²) >= 11 is 0. The zero-order valence-electron chi connectivity index (χ0n) is 14.5. The number of nitrogens with zero attached hydrogens (tertiary/aromatic N) is 2. The van der Waals surface area contributed by atoms with E-state index in [1.807, 2.05) is 0 Å². The molecule has 1 aromatic carbocycles. The highest BCUT2D eigenvalue weighted by Crippen LogP contribution is 2.10. The highest BCUT2D eigenvalue weighted by molar-refractivity contribution is 5.22. The van der Waals surface area contributed by atoms with Gasteiger partial charge in [0.25, 0.3) is 0 Å². The van der Waals surface area contributed by atoms with Crippen LogP contribution in [0, 0.1) is 0 Å². The summed E-state index contributed by atoms with van der Waals surface area (Å²) in [5.41, 5.74) is 2.84. The van der Waals surface area contributed by atoms with Crippen molar-refractivity contribution in [1.29, 1.82) is 0 Å². The van der Waals surface area contributed by atoms with Crippen LogP contribution in [0.15, 0.2) is 24.3 Å². The van der Waals surface area contributed by atoms with Crippen molar-refractivity contribution in [2.24, 2.45) is 0 Å².